The number of ether oxygens (including phenoxy) is 1. The Morgan fingerprint density at radius 2 is 1.91 bits per heavy atom. The predicted octanol–water partition coefficient (Wildman–Crippen LogP) is 1.23. The number of carbonyl (C=O) groups excluding carboxylic acids is 2. The lowest BCUT2D eigenvalue weighted by Crippen LogP contribution is -2.40. The molecule has 2 amide bonds. The maximum absolute atomic E-state index is 12.8. The third-order valence-corrected chi connectivity index (χ3v) is 3.32. The van der Waals surface area contributed by atoms with Gasteiger partial charge in [-0.3, -0.25) is 9.59 Å². The van der Waals surface area contributed by atoms with Gasteiger partial charge in [-0.1, -0.05) is 0 Å². The van der Waals surface area contributed by atoms with Crippen molar-refractivity contribution in [1.29, 1.82) is 0 Å². The van der Waals surface area contributed by atoms with Gasteiger partial charge in [-0.05, 0) is 13.8 Å². The van der Waals surface area contributed by atoms with Gasteiger partial charge in [-0.15, -0.1) is 0 Å². The molecule has 1 aliphatic rings. The summed E-state index contributed by atoms with van der Waals surface area (Å²) in [6.07, 6.45) is -5.12. The summed E-state index contributed by atoms with van der Waals surface area (Å²) in [5.41, 5.74) is 0. The molecule has 0 aromatic rings. The Morgan fingerprint density at radius 1 is 1.30 bits per heavy atom. The number of hydrogen-bond acceptors (Lipinski definition) is 4. The molecule has 23 heavy (non-hydrogen) atoms. The second kappa shape index (κ2) is 7.51. The summed E-state index contributed by atoms with van der Waals surface area (Å²) >= 11 is 0. The minimum Gasteiger partial charge on any atom is -0.481 e. The summed E-state index contributed by atoms with van der Waals surface area (Å²) in [5, 5.41) is 11.1. The number of halogens is 3. The van der Waals surface area contributed by atoms with E-state index >= 15 is 0 Å². The summed E-state index contributed by atoms with van der Waals surface area (Å²) in [7, 11) is 0. The number of nitrogens with one attached hydrogen (secondary N) is 1. The molecule has 0 radical (unpaired) electrons. The molecule has 1 saturated heterocycles. The van der Waals surface area contributed by atoms with E-state index < -0.39 is 49.1 Å². The fraction of sp³-hybridized carbons (Fsp3) is 0.769. The molecule has 0 unspecified atom stereocenters. The van der Waals surface area contributed by atoms with Gasteiger partial charge in [0.2, 0.25) is 0 Å². The molecule has 1 aliphatic heterocycles. The normalized spacial score (nSPS) is 21.4. The van der Waals surface area contributed by atoms with E-state index in [4.69, 9.17) is 9.84 Å². The van der Waals surface area contributed by atoms with Crippen LogP contribution in [0.1, 0.15) is 20.3 Å². The van der Waals surface area contributed by atoms with E-state index in [1.807, 2.05) is 0 Å². The summed E-state index contributed by atoms with van der Waals surface area (Å²) in [5.74, 6) is -5.93. The lowest BCUT2D eigenvalue weighted by Gasteiger charge is -2.18. The maximum atomic E-state index is 12.8. The number of rotatable bonds is 5. The smallest absolute Gasteiger partial charge is 0.394 e. The molecule has 1 fully saturated rings. The summed E-state index contributed by atoms with van der Waals surface area (Å²) < 4.78 is 43.3. The van der Waals surface area contributed by atoms with E-state index in [9.17, 15) is 27.6 Å². The highest BCUT2D eigenvalue weighted by Crippen LogP contribution is 2.37. The van der Waals surface area contributed by atoms with Gasteiger partial charge in [-0.25, -0.2) is 4.79 Å². The second-order valence-corrected chi connectivity index (χ2v) is 5.52. The Labute approximate surface area is 130 Å². The van der Waals surface area contributed by atoms with Crippen LogP contribution in [0.25, 0.3) is 0 Å². The van der Waals surface area contributed by atoms with Gasteiger partial charge >= 0.3 is 24.1 Å². The first-order chi connectivity index (χ1) is 10.5. The number of urea groups is 1. The van der Waals surface area contributed by atoms with Crippen LogP contribution >= 0.6 is 0 Å². The summed E-state index contributed by atoms with van der Waals surface area (Å²) in [6, 6.07) is -0.833. The van der Waals surface area contributed by atoms with Gasteiger partial charge in [0.25, 0.3) is 0 Å². The Morgan fingerprint density at radius 3 is 2.35 bits per heavy atom. The van der Waals surface area contributed by atoms with E-state index in [0.29, 0.717) is 0 Å². The molecule has 1 heterocycles. The van der Waals surface area contributed by atoms with Gasteiger partial charge in [-0.2, -0.15) is 13.2 Å². The number of aliphatic carboxylic acids is 1. The van der Waals surface area contributed by atoms with E-state index in [2.05, 4.69) is 5.32 Å². The van der Waals surface area contributed by atoms with Crippen molar-refractivity contribution >= 4 is 18.0 Å². The van der Waals surface area contributed by atoms with Gasteiger partial charge < -0.3 is 20.1 Å². The van der Waals surface area contributed by atoms with E-state index in [-0.39, 0.29) is 19.1 Å². The van der Waals surface area contributed by atoms with Gasteiger partial charge in [0, 0.05) is 19.6 Å². The highest BCUT2D eigenvalue weighted by atomic mass is 19.4. The molecule has 2 N–H and O–H groups in total. The minimum atomic E-state index is -4.70. The van der Waals surface area contributed by atoms with Crippen LogP contribution in [0.15, 0.2) is 0 Å². The molecule has 0 aromatic carbocycles. The van der Waals surface area contributed by atoms with Gasteiger partial charge in [0.15, 0.2) is 0 Å². The molecule has 1 rings (SSSR count). The van der Waals surface area contributed by atoms with Crippen LogP contribution in [-0.2, 0) is 14.3 Å². The number of carboxylic acid groups (broad SMARTS) is 1. The average molecular weight is 340 g/mol. The topological polar surface area (TPSA) is 95.9 Å². The van der Waals surface area contributed by atoms with Gasteiger partial charge in [0.05, 0.1) is 24.4 Å². The van der Waals surface area contributed by atoms with Crippen molar-refractivity contribution in [3.8, 4) is 0 Å². The number of likely N-dealkylation sites (tertiary alicyclic amines) is 1. The van der Waals surface area contributed by atoms with Crippen molar-refractivity contribution in [2.24, 2.45) is 11.8 Å². The third kappa shape index (κ3) is 5.61. The number of carboxylic acids is 1. The number of amides is 2. The number of nitrogens with zero attached hydrogens (tertiary/aromatic N) is 1. The Bertz CT molecular complexity index is 467. The quantitative estimate of drug-likeness (QED) is 0.734. The molecule has 0 bridgehead atoms. The lowest BCUT2D eigenvalue weighted by atomic mass is 9.96. The zero-order chi connectivity index (χ0) is 17.8. The molecule has 0 spiro atoms. The fourth-order valence-electron chi connectivity index (χ4n) is 2.26. The standard InChI is InChI=1S/C13H19F3N2O5/c1-7(2)23-10(19)3-4-17-12(22)18-5-8(11(20)21)9(6-18)13(14,15)16/h7-9H,3-6H2,1-2H3,(H,17,22)(H,20,21)/t8-,9-/m1/s1. The Hall–Kier alpha value is -2.00. The number of hydrogen-bond donors (Lipinski definition) is 2. The molecule has 7 nitrogen and oxygen atoms in total. The van der Waals surface area contributed by atoms with Crippen molar-refractivity contribution in [2.75, 3.05) is 19.6 Å². The first-order valence-electron chi connectivity index (χ1n) is 7.04. The summed E-state index contributed by atoms with van der Waals surface area (Å²) in [6.45, 7) is 1.97. The SMILES string of the molecule is CC(C)OC(=O)CCNC(=O)N1C[C@@H](C(F)(F)F)[C@H](C(=O)O)C1. The minimum absolute atomic E-state index is 0.102. The summed E-state index contributed by atoms with van der Waals surface area (Å²) in [4.78, 5) is 34.8. The molecular formula is C13H19F3N2O5. The highest BCUT2D eigenvalue weighted by Gasteiger charge is 2.53. The van der Waals surface area contributed by atoms with Crippen LogP contribution in [0, 0.1) is 11.8 Å². The zero-order valence-electron chi connectivity index (χ0n) is 12.7. The Balaban J connectivity index is 2.51. The number of esters is 1. The van der Waals surface area contributed by atoms with Crippen LogP contribution in [0.2, 0.25) is 0 Å². The van der Waals surface area contributed by atoms with Crippen LogP contribution in [0.4, 0.5) is 18.0 Å². The first-order valence-corrected chi connectivity index (χ1v) is 7.04. The van der Waals surface area contributed by atoms with E-state index in [1.165, 1.54) is 0 Å². The highest BCUT2D eigenvalue weighted by molar-refractivity contribution is 5.78. The largest absolute Gasteiger partial charge is 0.481 e. The van der Waals surface area contributed by atoms with Crippen LogP contribution in [0.5, 0.6) is 0 Å². The van der Waals surface area contributed by atoms with Crippen LogP contribution in [-0.4, -0.2) is 59.9 Å². The fourth-order valence-corrected chi connectivity index (χ4v) is 2.26. The molecular weight excluding hydrogens is 321 g/mol. The van der Waals surface area contributed by atoms with Crippen molar-refractivity contribution < 1.29 is 37.4 Å². The Kier molecular flexibility index (Phi) is 6.22. The maximum Gasteiger partial charge on any atom is 0.394 e. The van der Waals surface area contributed by atoms with E-state index in [0.717, 1.165) is 4.90 Å². The van der Waals surface area contributed by atoms with Crippen LogP contribution in [0.3, 0.4) is 0 Å². The van der Waals surface area contributed by atoms with Crippen molar-refractivity contribution in [1.82, 2.24) is 10.2 Å². The second-order valence-electron chi connectivity index (χ2n) is 5.52. The predicted molar refractivity (Wildman–Crippen MR) is 71.5 cm³/mol. The molecule has 0 saturated carbocycles. The zero-order valence-corrected chi connectivity index (χ0v) is 12.7. The monoisotopic (exact) mass is 340 g/mol. The molecule has 132 valence electrons. The van der Waals surface area contributed by atoms with Crippen molar-refractivity contribution in [2.45, 2.75) is 32.5 Å². The molecule has 10 heteroatoms. The van der Waals surface area contributed by atoms with E-state index in [1.54, 1.807) is 13.8 Å². The van der Waals surface area contributed by atoms with Crippen LogP contribution < -0.4 is 5.32 Å². The van der Waals surface area contributed by atoms with Crippen molar-refractivity contribution in [3.05, 3.63) is 0 Å². The van der Waals surface area contributed by atoms with Crippen molar-refractivity contribution in [3.63, 3.8) is 0 Å². The average Bonchev–Trinajstić information content (AvgIpc) is 2.82. The molecule has 2 atom stereocenters. The molecule has 0 aliphatic carbocycles. The first kappa shape index (κ1) is 19.0. The number of alkyl halides is 3. The third-order valence-electron chi connectivity index (χ3n) is 3.32. The number of carbonyl (C=O) groups is 3. The lowest BCUT2D eigenvalue weighted by molar-refractivity contribution is -0.187. The molecule has 0 aromatic heterocycles. The van der Waals surface area contributed by atoms with Gasteiger partial charge in [0.1, 0.15) is 0 Å².